The molecule has 8 heteroatoms. The Morgan fingerprint density at radius 3 is 2.59 bits per heavy atom. The van der Waals surface area contributed by atoms with E-state index in [0.717, 1.165) is 36.9 Å². The molecule has 0 unspecified atom stereocenters. The molecule has 0 atom stereocenters. The van der Waals surface area contributed by atoms with Gasteiger partial charge in [-0.25, -0.2) is 9.07 Å². The highest BCUT2D eigenvalue weighted by Crippen LogP contribution is 2.30. The Labute approximate surface area is 190 Å². The molecule has 0 radical (unpaired) electrons. The standard InChI is InChI=1S/C24H22ClFN4O2/c25-15-10-11-16(24(32)29-12-3-4-13-29)19(14-15)27-23(31)22-17-6-5-9-20(17)30(28-22)21-8-2-1-7-18(21)26/h1-2,7-8,10-11,14H,3-6,9,12-13H2,(H,27,31). The molecule has 1 aromatic heterocycles. The normalized spacial score (nSPS) is 15.1. The van der Waals surface area contributed by atoms with Gasteiger partial charge in [0.2, 0.25) is 0 Å². The van der Waals surface area contributed by atoms with Gasteiger partial charge in [0.15, 0.2) is 5.69 Å². The Morgan fingerprint density at radius 1 is 1.03 bits per heavy atom. The molecular weight excluding hydrogens is 431 g/mol. The van der Waals surface area contributed by atoms with E-state index in [1.54, 1.807) is 41.3 Å². The third-order valence-corrected chi connectivity index (χ3v) is 6.31. The Hall–Kier alpha value is -3.19. The lowest BCUT2D eigenvalue weighted by molar-refractivity contribution is 0.0794. The smallest absolute Gasteiger partial charge is 0.276 e. The predicted molar refractivity (Wildman–Crippen MR) is 120 cm³/mol. The molecule has 5 rings (SSSR count). The lowest BCUT2D eigenvalue weighted by Gasteiger charge is -2.18. The van der Waals surface area contributed by atoms with Crippen molar-refractivity contribution in [3.8, 4) is 5.69 Å². The summed E-state index contributed by atoms with van der Waals surface area (Å²) in [5.41, 5.74) is 2.99. The van der Waals surface area contributed by atoms with Crippen LogP contribution in [-0.2, 0) is 12.8 Å². The number of carbonyl (C=O) groups excluding carboxylic acids is 2. The predicted octanol–water partition coefficient (Wildman–Crippen LogP) is 4.64. The zero-order valence-corrected chi connectivity index (χ0v) is 18.2. The molecule has 2 heterocycles. The van der Waals surface area contributed by atoms with E-state index in [4.69, 9.17) is 11.6 Å². The van der Waals surface area contributed by atoms with E-state index < -0.39 is 11.7 Å². The van der Waals surface area contributed by atoms with Crippen LogP contribution in [0.1, 0.15) is 51.4 Å². The van der Waals surface area contributed by atoms with E-state index in [0.29, 0.717) is 41.5 Å². The first-order chi connectivity index (χ1) is 15.5. The fourth-order valence-corrected chi connectivity index (χ4v) is 4.69. The Morgan fingerprint density at radius 2 is 1.81 bits per heavy atom. The van der Waals surface area contributed by atoms with Crippen LogP contribution in [0.3, 0.4) is 0 Å². The number of amides is 2. The van der Waals surface area contributed by atoms with Gasteiger partial charge in [-0.05, 0) is 62.4 Å². The molecule has 0 spiro atoms. The number of aromatic nitrogens is 2. The maximum atomic E-state index is 14.4. The second-order valence-corrected chi connectivity index (χ2v) is 8.57. The lowest BCUT2D eigenvalue weighted by Crippen LogP contribution is -2.29. The highest BCUT2D eigenvalue weighted by molar-refractivity contribution is 6.31. The zero-order chi connectivity index (χ0) is 22.2. The summed E-state index contributed by atoms with van der Waals surface area (Å²) in [6.45, 7) is 1.41. The monoisotopic (exact) mass is 452 g/mol. The number of benzene rings is 2. The van der Waals surface area contributed by atoms with Crippen LogP contribution >= 0.6 is 11.6 Å². The maximum Gasteiger partial charge on any atom is 0.276 e. The summed E-state index contributed by atoms with van der Waals surface area (Å²) in [5.74, 6) is -0.961. The van der Waals surface area contributed by atoms with Crippen LogP contribution < -0.4 is 5.32 Å². The number of hydrogen-bond acceptors (Lipinski definition) is 3. The van der Waals surface area contributed by atoms with Gasteiger partial charge in [-0.3, -0.25) is 9.59 Å². The largest absolute Gasteiger partial charge is 0.339 e. The Balaban J connectivity index is 1.49. The molecule has 164 valence electrons. The van der Waals surface area contributed by atoms with Crippen molar-refractivity contribution in [1.29, 1.82) is 0 Å². The van der Waals surface area contributed by atoms with Crippen molar-refractivity contribution < 1.29 is 14.0 Å². The van der Waals surface area contributed by atoms with Crippen LogP contribution in [0.25, 0.3) is 5.69 Å². The number of anilines is 1. The highest BCUT2D eigenvalue weighted by atomic mass is 35.5. The molecule has 32 heavy (non-hydrogen) atoms. The van der Waals surface area contributed by atoms with Crippen LogP contribution in [0.2, 0.25) is 5.02 Å². The number of hydrogen-bond donors (Lipinski definition) is 1. The number of rotatable bonds is 4. The summed E-state index contributed by atoms with van der Waals surface area (Å²) in [7, 11) is 0. The number of likely N-dealkylation sites (tertiary alicyclic amines) is 1. The molecule has 1 fully saturated rings. The van der Waals surface area contributed by atoms with E-state index >= 15 is 0 Å². The number of nitrogens with zero attached hydrogens (tertiary/aromatic N) is 3. The highest BCUT2D eigenvalue weighted by Gasteiger charge is 2.29. The summed E-state index contributed by atoms with van der Waals surface area (Å²) in [6, 6.07) is 11.2. The molecule has 1 N–H and O–H groups in total. The topological polar surface area (TPSA) is 67.2 Å². The third kappa shape index (κ3) is 3.66. The van der Waals surface area contributed by atoms with Gasteiger partial charge in [0.25, 0.3) is 11.8 Å². The van der Waals surface area contributed by atoms with Gasteiger partial charge in [0.05, 0.1) is 11.3 Å². The molecular formula is C24H22ClFN4O2. The first-order valence-corrected chi connectivity index (χ1v) is 11.2. The minimum Gasteiger partial charge on any atom is -0.339 e. The van der Waals surface area contributed by atoms with E-state index in [9.17, 15) is 14.0 Å². The van der Waals surface area contributed by atoms with Crippen molar-refractivity contribution in [2.24, 2.45) is 0 Å². The number of fused-ring (bicyclic) bond motifs is 1. The van der Waals surface area contributed by atoms with Gasteiger partial charge < -0.3 is 10.2 Å². The summed E-state index contributed by atoms with van der Waals surface area (Å²) in [6.07, 6.45) is 4.24. The fourth-order valence-electron chi connectivity index (χ4n) is 4.52. The van der Waals surface area contributed by atoms with Crippen molar-refractivity contribution in [2.45, 2.75) is 32.1 Å². The van der Waals surface area contributed by atoms with E-state index in [1.807, 2.05) is 0 Å². The number of carbonyl (C=O) groups is 2. The minimum absolute atomic E-state index is 0.128. The first-order valence-electron chi connectivity index (χ1n) is 10.8. The molecule has 0 saturated carbocycles. The summed E-state index contributed by atoms with van der Waals surface area (Å²) in [4.78, 5) is 28.0. The molecule has 1 aliphatic carbocycles. The molecule has 3 aromatic rings. The van der Waals surface area contributed by atoms with E-state index in [2.05, 4.69) is 10.4 Å². The Kier molecular flexibility index (Phi) is 5.43. The second-order valence-electron chi connectivity index (χ2n) is 8.13. The van der Waals surface area contributed by atoms with Crippen LogP contribution in [0.15, 0.2) is 42.5 Å². The molecule has 2 amide bonds. The van der Waals surface area contributed by atoms with Gasteiger partial charge in [0.1, 0.15) is 11.5 Å². The number of halogens is 2. The third-order valence-electron chi connectivity index (χ3n) is 6.08. The van der Waals surface area contributed by atoms with Crippen molar-refractivity contribution in [2.75, 3.05) is 18.4 Å². The second kappa shape index (κ2) is 8.39. The number of nitrogens with one attached hydrogen (secondary N) is 1. The zero-order valence-electron chi connectivity index (χ0n) is 17.4. The molecule has 0 bridgehead atoms. The van der Waals surface area contributed by atoms with Crippen molar-refractivity contribution >= 4 is 29.1 Å². The van der Waals surface area contributed by atoms with Gasteiger partial charge in [0, 0.05) is 29.4 Å². The van der Waals surface area contributed by atoms with Crippen LogP contribution in [0.5, 0.6) is 0 Å². The first kappa shape index (κ1) is 20.7. The van der Waals surface area contributed by atoms with Crippen LogP contribution in [0.4, 0.5) is 10.1 Å². The van der Waals surface area contributed by atoms with Gasteiger partial charge in [-0.15, -0.1) is 0 Å². The van der Waals surface area contributed by atoms with Gasteiger partial charge >= 0.3 is 0 Å². The van der Waals surface area contributed by atoms with Crippen molar-refractivity contribution in [3.05, 3.63) is 75.8 Å². The van der Waals surface area contributed by atoms with E-state index in [1.165, 1.54) is 10.7 Å². The van der Waals surface area contributed by atoms with Gasteiger partial charge in [-0.1, -0.05) is 23.7 Å². The molecule has 1 saturated heterocycles. The molecule has 6 nitrogen and oxygen atoms in total. The molecule has 2 aromatic carbocycles. The van der Waals surface area contributed by atoms with Crippen molar-refractivity contribution in [1.82, 2.24) is 14.7 Å². The van der Waals surface area contributed by atoms with E-state index in [-0.39, 0.29) is 11.6 Å². The van der Waals surface area contributed by atoms with Crippen LogP contribution in [0, 0.1) is 5.82 Å². The summed E-state index contributed by atoms with van der Waals surface area (Å²) in [5, 5.41) is 7.73. The summed E-state index contributed by atoms with van der Waals surface area (Å²) >= 11 is 6.17. The summed E-state index contributed by atoms with van der Waals surface area (Å²) < 4.78 is 15.9. The van der Waals surface area contributed by atoms with Gasteiger partial charge in [-0.2, -0.15) is 5.10 Å². The maximum absolute atomic E-state index is 14.4. The fraction of sp³-hybridized carbons (Fsp3) is 0.292. The molecule has 1 aliphatic heterocycles. The van der Waals surface area contributed by atoms with Crippen LogP contribution in [-0.4, -0.2) is 39.6 Å². The minimum atomic E-state index is -0.434. The molecule has 2 aliphatic rings. The Bertz CT molecular complexity index is 1220. The average Bonchev–Trinajstić information content (AvgIpc) is 3.52. The number of para-hydroxylation sites is 1. The van der Waals surface area contributed by atoms with Crippen molar-refractivity contribution in [3.63, 3.8) is 0 Å². The average molecular weight is 453 g/mol. The lowest BCUT2D eigenvalue weighted by atomic mass is 10.1. The SMILES string of the molecule is O=C(Nc1cc(Cl)ccc1C(=O)N1CCCC1)c1nn(-c2ccccc2F)c2c1CCC2. The quantitative estimate of drug-likeness (QED) is 0.627.